The number of nitrogens with two attached hydrogens (primary N) is 1. The number of furan rings is 1. The summed E-state index contributed by atoms with van der Waals surface area (Å²) < 4.78 is 4.92. The van der Waals surface area contributed by atoms with Gasteiger partial charge in [-0.15, -0.1) is 0 Å². The fourth-order valence-corrected chi connectivity index (χ4v) is 1.35. The van der Waals surface area contributed by atoms with E-state index >= 15 is 0 Å². The lowest BCUT2D eigenvalue weighted by atomic mass is 10.0. The second-order valence-electron chi connectivity index (χ2n) is 3.12. The van der Waals surface area contributed by atoms with Crippen molar-refractivity contribution in [2.24, 2.45) is 0 Å². The smallest absolute Gasteiger partial charge is 0.337 e. The summed E-state index contributed by atoms with van der Waals surface area (Å²) in [5.41, 5.74) is 7.51. The molecule has 15 heavy (non-hydrogen) atoms. The maximum Gasteiger partial charge on any atom is 0.337 e. The van der Waals surface area contributed by atoms with Gasteiger partial charge in [-0.2, -0.15) is 0 Å². The molecule has 1 aromatic carbocycles. The molecule has 0 aliphatic heterocycles. The van der Waals surface area contributed by atoms with Crippen LogP contribution in [0.1, 0.15) is 10.4 Å². The second kappa shape index (κ2) is 3.49. The Hall–Kier alpha value is -2.23. The molecule has 0 amide bonds. The van der Waals surface area contributed by atoms with Gasteiger partial charge in [0.2, 0.25) is 0 Å². The van der Waals surface area contributed by atoms with Crippen LogP contribution >= 0.6 is 0 Å². The lowest BCUT2D eigenvalue weighted by Gasteiger charge is -2.03. The van der Waals surface area contributed by atoms with Gasteiger partial charge < -0.3 is 15.3 Å². The van der Waals surface area contributed by atoms with Crippen molar-refractivity contribution < 1.29 is 14.3 Å². The van der Waals surface area contributed by atoms with E-state index in [0.717, 1.165) is 11.1 Å². The number of rotatable bonds is 2. The largest absolute Gasteiger partial charge is 0.478 e. The topological polar surface area (TPSA) is 76.5 Å². The molecule has 4 nitrogen and oxygen atoms in total. The molecule has 0 unspecified atom stereocenters. The average Bonchev–Trinajstić information content (AvgIpc) is 2.71. The van der Waals surface area contributed by atoms with Crippen LogP contribution in [0.4, 0.5) is 5.69 Å². The zero-order valence-corrected chi connectivity index (χ0v) is 7.81. The van der Waals surface area contributed by atoms with E-state index in [1.165, 1.54) is 12.3 Å². The van der Waals surface area contributed by atoms with Crippen LogP contribution in [-0.4, -0.2) is 11.1 Å². The molecule has 0 radical (unpaired) electrons. The predicted molar refractivity (Wildman–Crippen MR) is 55.5 cm³/mol. The van der Waals surface area contributed by atoms with Gasteiger partial charge in [0.05, 0.1) is 18.1 Å². The molecule has 0 atom stereocenters. The minimum absolute atomic E-state index is 0.105. The van der Waals surface area contributed by atoms with E-state index in [9.17, 15) is 4.79 Å². The summed E-state index contributed by atoms with van der Waals surface area (Å²) in [5.74, 6) is -1.03. The molecule has 76 valence electrons. The van der Waals surface area contributed by atoms with Crippen molar-refractivity contribution in [1.29, 1.82) is 0 Å². The van der Waals surface area contributed by atoms with Gasteiger partial charge in [0.25, 0.3) is 0 Å². The third-order valence-corrected chi connectivity index (χ3v) is 2.14. The Morgan fingerprint density at radius 3 is 2.67 bits per heavy atom. The number of benzene rings is 1. The van der Waals surface area contributed by atoms with Gasteiger partial charge in [0.1, 0.15) is 0 Å². The highest BCUT2D eigenvalue weighted by molar-refractivity contribution is 5.95. The van der Waals surface area contributed by atoms with Crippen molar-refractivity contribution in [3.05, 3.63) is 42.4 Å². The van der Waals surface area contributed by atoms with E-state index in [0.29, 0.717) is 0 Å². The summed E-state index contributed by atoms with van der Waals surface area (Å²) >= 11 is 0. The van der Waals surface area contributed by atoms with Crippen LogP contribution in [0.25, 0.3) is 11.1 Å². The van der Waals surface area contributed by atoms with E-state index in [1.54, 1.807) is 24.5 Å². The summed E-state index contributed by atoms with van der Waals surface area (Å²) in [7, 11) is 0. The first-order valence-electron chi connectivity index (χ1n) is 4.34. The van der Waals surface area contributed by atoms with Gasteiger partial charge in [-0.05, 0) is 23.8 Å². The number of aromatic carboxylic acids is 1. The highest BCUT2D eigenvalue weighted by Crippen LogP contribution is 2.24. The Bertz CT molecular complexity index is 489. The summed E-state index contributed by atoms with van der Waals surface area (Å²) in [6.07, 6.45) is 3.09. The van der Waals surface area contributed by atoms with Gasteiger partial charge in [0.15, 0.2) is 0 Å². The number of hydrogen-bond acceptors (Lipinski definition) is 3. The van der Waals surface area contributed by atoms with Crippen LogP contribution in [0.15, 0.2) is 41.2 Å². The number of carbonyl (C=O) groups is 1. The fourth-order valence-electron chi connectivity index (χ4n) is 1.35. The lowest BCUT2D eigenvalue weighted by Crippen LogP contribution is -2.02. The van der Waals surface area contributed by atoms with Crippen molar-refractivity contribution in [2.45, 2.75) is 0 Å². The van der Waals surface area contributed by atoms with Crippen molar-refractivity contribution >= 4 is 11.7 Å². The van der Waals surface area contributed by atoms with Crippen molar-refractivity contribution in [1.82, 2.24) is 0 Å². The second-order valence-corrected chi connectivity index (χ2v) is 3.12. The zero-order chi connectivity index (χ0) is 10.8. The number of nitrogen functional groups attached to an aromatic ring is 1. The highest BCUT2D eigenvalue weighted by Gasteiger charge is 2.09. The maximum atomic E-state index is 10.8. The zero-order valence-electron chi connectivity index (χ0n) is 7.81. The van der Waals surface area contributed by atoms with Crippen molar-refractivity contribution in [3.63, 3.8) is 0 Å². The van der Waals surface area contributed by atoms with Crippen molar-refractivity contribution in [2.75, 3.05) is 5.73 Å². The number of anilines is 1. The third-order valence-electron chi connectivity index (χ3n) is 2.14. The fraction of sp³-hybridized carbons (Fsp3) is 0. The quantitative estimate of drug-likeness (QED) is 0.733. The van der Waals surface area contributed by atoms with E-state index in [-0.39, 0.29) is 11.3 Å². The summed E-state index contributed by atoms with van der Waals surface area (Å²) in [4.78, 5) is 10.8. The molecular formula is C11H9NO3. The molecule has 2 rings (SSSR count). The minimum Gasteiger partial charge on any atom is -0.478 e. The highest BCUT2D eigenvalue weighted by atomic mass is 16.4. The Morgan fingerprint density at radius 1 is 1.27 bits per heavy atom. The molecular weight excluding hydrogens is 194 g/mol. The number of hydrogen-bond donors (Lipinski definition) is 2. The monoisotopic (exact) mass is 203 g/mol. The molecule has 0 saturated heterocycles. The Labute approximate surface area is 85.9 Å². The van der Waals surface area contributed by atoms with E-state index in [2.05, 4.69) is 0 Å². The Kier molecular flexibility index (Phi) is 2.17. The molecule has 0 aliphatic carbocycles. The van der Waals surface area contributed by atoms with Gasteiger partial charge in [-0.25, -0.2) is 4.79 Å². The van der Waals surface area contributed by atoms with Crippen LogP contribution < -0.4 is 5.73 Å². The molecule has 0 fully saturated rings. The van der Waals surface area contributed by atoms with E-state index < -0.39 is 5.97 Å². The molecule has 4 heteroatoms. The van der Waals surface area contributed by atoms with Gasteiger partial charge >= 0.3 is 5.97 Å². The number of carboxylic acids is 1. The van der Waals surface area contributed by atoms with Gasteiger partial charge in [0, 0.05) is 11.3 Å². The summed E-state index contributed by atoms with van der Waals surface area (Å²) in [6.45, 7) is 0. The maximum absolute atomic E-state index is 10.8. The number of carboxylic acid groups (broad SMARTS) is 1. The Morgan fingerprint density at radius 2 is 2.07 bits per heavy atom. The normalized spacial score (nSPS) is 10.1. The molecule has 2 aromatic rings. The molecule has 3 N–H and O–H groups in total. The molecule has 1 heterocycles. The minimum atomic E-state index is -1.03. The molecule has 0 spiro atoms. The third kappa shape index (κ3) is 1.69. The van der Waals surface area contributed by atoms with Crippen LogP contribution in [0.5, 0.6) is 0 Å². The first-order chi connectivity index (χ1) is 7.18. The Balaban J connectivity index is 2.52. The van der Waals surface area contributed by atoms with Gasteiger partial charge in [-0.3, -0.25) is 0 Å². The van der Waals surface area contributed by atoms with Crippen LogP contribution in [0.3, 0.4) is 0 Å². The molecule has 0 aliphatic rings. The van der Waals surface area contributed by atoms with Gasteiger partial charge in [-0.1, -0.05) is 6.07 Å². The summed E-state index contributed by atoms with van der Waals surface area (Å²) in [6, 6.07) is 6.62. The standard InChI is InChI=1S/C11H9NO3/c12-10-2-1-7(5-9(10)11(13)14)8-3-4-15-6-8/h1-6H,12H2,(H,13,14). The predicted octanol–water partition coefficient (Wildman–Crippen LogP) is 2.23. The molecule has 1 aromatic heterocycles. The summed E-state index contributed by atoms with van der Waals surface area (Å²) in [5, 5.41) is 8.88. The first-order valence-corrected chi connectivity index (χ1v) is 4.34. The first kappa shape index (κ1) is 9.33. The van der Waals surface area contributed by atoms with Crippen LogP contribution in [0.2, 0.25) is 0 Å². The SMILES string of the molecule is Nc1ccc(-c2ccoc2)cc1C(=O)O. The molecule has 0 saturated carbocycles. The van der Waals surface area contributed by atoms with Crippen LogP contribution in [-0.2, 0) is 0 Å². The van der Waals surface area contributed by atoms with E-state index in [1.807, 2.05) is 0 Å². The van der Waals surface area contributed by atoms with E-state index in [4.69, 9.17) is 15.3 Å². The molecule has 0 bridgehead atoms. The van der Waals surface area contributed by atoms with Crippen LogP contribution in [0, 0.1) is 0 Å². The average molecular weight is 203 g/mol. The van der Waals surface area contributed by atoms with Crippen molar-refractivity contribution in [3.8, 4) is 11.1 Å². The lowest BCUT2D eigenvalue weighted by molar-refractivity contribution is 0.0698.